The molecule has 110 valence electrons. The van der Waals surface area contributed by atoms with Crippen molar-refractivity contribution < 1.29 is 5.11 Å². The molecule has 0 radical (unpaired) electrons. The van der Waals surface area contributed by atoms with Crippen LogP contribution in [0, 0.1) is 5.92 Å². The van der Waals surface area contributed by atoms with Gasteiger partial charge < -0.3 is 15.4 Å². The van der Waals surface area contributed by atoms with Crippen molar-refractivity contribution in [3.8, 4) is 0 Å². The van der Waals surface area contributed by atoms with Crippen LogP contribution in [0.25, 0.3) is 10.2 Å². The summed E-state index contributed by atoms with van der Waals surface area (Å²) in [4.78, 5) is 19.0. The molecule has 0 bridgehead atoms. The van der Waals surface area contributed by atoms with E-state index in [0.717, 1.165) is 11.9 Å². The topological polar surface area (TPSA) is 78.0 Å². The number of aromatic nitrogens is 2. The summed E-state index contributed by atoms with van der Waals surface area (Å²) in [6, 6.07) is 1.84. The first kappa shape index (κ1) is 15.2. The molecule has 20 heavy (non-hydrogen) atoms. The van der Waals surface area contributed by atoms with Crippen LogP contribution in [0.3, 0.4) is 0 Å². The van der Waals surface area contributed by atoms with Crippen molar-refractivity contribution >= 4 is 21.6 Å². The van der Waals surface area contributed by atoms with Crippen LogP contribution in [0.2, 0.25) is 0 Å². The lowest BCUT2D eigenvalue weighted by Crippen LogP contribution is -2.39. The SMILES string of the molecule is CC(C)CC(C)(O)CNCc1nc2ccsc2c(=O)[nH]1. The molecule has 2 aromatic heterocycles. The molecule has 0 spiro atoms. The minimum Gasteiger partial charge on any atom is -0.389 e. The maximum absolute atomic E-state index is 11.8. The molecule has 2 aromatic rings. The van der Waals surface area contributed by atoms with Crippen molar-refractivity contribution in [1.29, 1.82) is 0 Å². The molecule has 2 rings (SSSR count). The van der Waals surface area contributed by atoms with Gasteiger partial charge >= 0.3 is 0 Å². The van der Waals surface area contributed by atoms with Crippen molar-refractivity contribution in [3.05, 3.63) is 27.6 Å². The van der Waals surface area contributed by atoms with Crippen LogP contribution in [0.15, 0.2) is 16.2 Å². The fourth-order valence-electron chi connectivity index (χ4n) is 2.41. The highest BCUT2D eigenvalue weighted by Gasteiger charge is 2.21. The molecule has 0 aliphatic heterocycles. The summed E-state index contributed by atoms with van der Waals surface area (Å²) in [6.45, 7) is 6.89. The van der Waals surface area contributed by atoms with Crippen molar-refractivity contribution in [1.82, 2.24) is 15.3 Å². The lowest BCUT2D eigenvalue weighted by Gasteiger charge is -2.25. The maximum Gasteiger partial charge on any atom is 0.268 e. The van der Waals surface area contributed by atoms with E-state index in [1.54, 1.807) is 0 Å². The molecule has 1 atom stereocenters. The van der Waals surface area contributed by atoms with Crippen LogP contribution in [-0.2, 0) is 6.54 Å². The standard InChI is InChI=1S/C14H21N3O2S/c1-9(2)6-14(3,19)8-15-7-11-16-10-4-5-20-12(10)13(18)17-11/h4-5,9,15,19H,6-8H2,1-3H3,(H,16,17,18). The predicted molar refractivity (Wildman–Crippen MR) is 82.0 cm³/mol. The average molecular weight is 295 g/mol. The monoisotopic (exact) mass is 295 g/mol. The van der Waals surface area contributed by atoms with Crippen LogP contribution in [0.4, 0.5) is 0 Å². The highest BCUT2D eigenvalue weighted by molar-refractivity contribution is 7.17. The van der Waals surface area contributed by atoms with Crippen molar-refractivity contribution in [3.63, 3.8) is 0 Å². The first-order valence-electron chi connectivity index (χ1n) is 6.77. The fraction of sp³-hybridized carbons (Fsp3) is 0.571. The van der Waals surface area contributed by atoms with Gasteiger partial charge in [0.2, 0.25) is 0 Å². The Morgan fingerprint density at radius 2 is 2.30 bits per heavy atom. The van der Waals surface area contributed by atoms with E-state index in [1.807, 2.05) is 18.4 Å². The van der Waals surface area contributed by atoms with E-state index in [4.69, 9.17) is 0 Å². The number of nitrogens with one attached hydrogen (secondary N) is 2. The number of nitrogens with zero attached hydrogens (tertiary/aromatic N) is 1. The van der Waals surface area contributed by atoms with Gasteiger partial charge in [0.25, 0.3) is 5.56 Å². The number of fused-ring (bicyclic) bond motifs is 1. The molecule has 6 heteroatoms. The van der Waals surface area contributed by atoms with Gasteiger partial charge in [0.05, 0.1) is 17.7 Å². The molecule has 0 saturated carbocycles. The summed E-state index contributed by atoms with van der Waals surface area (Å²) >= 11 is 1.39. The second-order valence-electron chi connectivity index (χ2n) is 5.85. The van der Waals surface area contributed by atoms with Crippen LogP contribution >= 0.6 is 11.3 Å². The Kier molecular flexibility index (Phi) is 4.57. The zero-order valence-electron chi connectivity index (χ0n) is 12.1. The Balaban J connectivity index is 1.97. The highest BCUT2D eigenvalue weighted by Crippen LogP contribution is 2.16. The Labute approximate surface area is 122 Å². The smallest absolute Gasteiger partial charge is 0.268 e. The Bertz CT molecular complexity index is 631. The zero-order chi connectivity index (χ0) is 14.8. The summed E-state index contributed by atoms with van der Waals surface area (Å²) in [7, 11) is 0. The van der Waals surface area contributed by atoms with E-state index in [-0.39, 0.29) is 5.56 Å². The Hall–Kier alpha value is -1.24. The van der Waals surface area contributed by atoms with Gasteiger partial charge in [0.15, 0.2) is 0 Å². The van der Waals surface area contributed by atoms with E-state index in [0.29, 0.717) is 29.5 Å². The molecule has 0 saturated heterocycles. The third-order valence-electron chi connectivity index (χ3n) is 3.01. The van der Waals surface area contributed by atoms with Gasteiger partial charge in [-0.3, -0.25) is 4.79 Å². The van der Waals surface area contributed by atoms with Crippen LogP contribution in [0.1, 0.15) is 33.0 Å². The molecular formula is C14H21N3O2S. The molecule has 3 N–H and O–H groups in total. The second kappa shape index (κ2) is 6.03. The third kappa shape index (κ3) is 3.88. The summed E-state index contributed by atoms with van der Waals surface area (Å²) < 4.78 is 0.653. The fourth-order valence-corrected chi connectivity index (χ4v) is 3.13. The minimum absolute atomic E-state index is 0.101. The van der Waals surface area contributed by atoms with E-state index in [1.165, 1.54) is 11.3 Å². The lowest BCUT2D eigenvalue weighted by molar-refractivity contribution is 0.0382. The first-order chi connectivity index (χ1) is 9.37. The zero-order valence-corrected chi connectivity index (χ0v) is 12.9. The molecular weight excluding hydrogens is 274 g/mol. The van der Waals surface area contributed by atoms with E-state index < -0.39 is 5.60 Å². The average Bonchev–Trinajstić information content (AvgIpc) is 2.75. The predicted octanol–water partition coefficient (Wildman–Crippen LogP) is 1.87. The Morgan fingerprint density at radius 3 is 3.00 bits per heavy atom. The number of rotatable bonds is 6. The number of thiophene rings is 1. The molecule has 2 heterocycles. The maximum atomic E-state index is 11.8. The van der Waals surface area contributed by atoms with Gasteiger partial charge in [-0.1, -0.05) is 13.8 Å². The van der Waals surface area contributed by atoms with Gasteiger partial charge in [-0.25, -0.2) is 4.98 Å². The third-order valence-corrected chi connectivity index (χ3v) is 3.91. The van der Waals surface area contributed by atoms with Gasteiger partial charge in [-0.15, -0.1) is 11.3 Å². The molecule has 0 aliphatic carbocycles. The molecule has 0 fully saturated rings. The highest BCUT2D eigenvalue weighted by atomic mass is 32.1. The lowest BCUT2D eigenvalue weighted by atomic mass is 9.94. The number of aromatic amines is 1. The molecule has 1 unspecified atom stereocenters. The van der Waals surface area contributed by atoms with Crippen LogP contribution in [-0.4, -0.2) is 27.2 Å². The van der Waals surface area contributed by atoms with Crippen molar-refractivity contribution in [2.24, 2.45) is 5.92 Å². The Morgan fingerprint density at radius 1 is 1.55 bits per heavy atom. The van der Waals surface area contributed by atoms with Gasteiger partial charge in [-0.05, 0) is 30.7 Å². The number of H-pyrrole nitrogens is 1. The molecule has 0 amide bonds. The van der Waals surface area contributed by atoms with Gasteiger partial charge in [-0.2, -0.15) is 0 Å². The quantitative estimate of drug-likeness (QED) is 0.760. The summed E-state index contributed by atoms with van der Waals surface area (Å²) in [6.07, 6.45) is 0.730. The van der Waals surface area contributed by atoms with Crippen LogP contribution < -0.4 is 10.9 Å². The molecule has 5 nitrogen and oxygen atoms in total. The largest absolute Gasteiger partial charge is 0.389 e. The van der Waals surface area contributed by atoms with E-state index in [2.05, 4.69) is 29.1 Å². The van der Waals surface area contributed by atoms with Crippen molar-refractivity contribution in [2.75, 3.05) is 6.54 Å². The van der Waals surface area contributed by atoms with Gasteiger partial charge in [0.1, 0.15) is 10.5 Å². The van der Waals surface area contributed by atoms with Crippen molar-refractivity contribution in [2.45, 2.75) is 39.3 Å². The normalized spacial score (nSPS) is 14.8. The minimum atomic E-state index is -0.749. The number of hydrogen-bond donors (Lipinski definition) is 3. The summed E-state index contributed by atoms with van der Waals surface area (Å²) in [5.74, 6) is 1.04. The van der Waals surface area contributed by atoms with E-state index >= 15 is 0 Å². The van der Waals surface area contributed by atoms with Crippen LogP contribution in [0.5, 0.6) is 0 Å². The summed E-state index contributed by atoms with van der Waals surface area (Å²) in [5.41, 5.74) is -0.124. The summed E-state index contributed by atoms with van der Waals surface area (Å²) in [5, 5.41) is 15.2. The molecule has 0 aliphatic rings. The van der Waals surface area contributed by atoms with Gasteiger partial charge in [0, 0.05) is 6.54 Å². The number of hydrogen-bond acceptors (Lipinski definition) is 5. The number of aliphatic hydroxyl groups is 1. The van der Waals surface area contributed by atoms with E-state index in [9.17, 15) is 9.90 Å². The second-order valence-corrected chi connectivity index (χ2v) is 6.76. The first-order valence-corrected chi connectivity index (χ1v) is 7.65. The molecule has 0 aromatic carbocycles.